The number of aliphatic hydroxyl groups excluding tert-OH is 2. The first-order valence-electron chi connectivity index (χ1n) is 20.9. The molecule has 3 aromatic carbocycles. The first kappa shape index (κ1) is 36.9. The second-order valence-electron chi connectivity index (χ2n) is 17.4. The van der Waals surface area contributed by atoms with Crippen LogP contribution in [0.4, 0.5) is 0 Å². The highest BCUT2D eigenvalue weighted by Crippen LogP contribution is 2.60. The second-order valence-corrected chi connectivity index (χ2v) is 17.4. The third kappa shape index (κ3) is 7.21. The summed E-state index contributed by atoms with van der Waals surface area (Å²) in [6.45, 7) is 0.205. The number of carboxylic acid groups (broad SMARTS) is 1. The lowest BCUT2D eigenvalue weighted by Crippen LogP contribution is -2.55. The van der Waals surface area contributed by atoms with Crippen LogP contribution < -0.4 is 10.4 Å². The molecule has 5 aliphatic rings. The predicted octanol–water partition coefficient (Wildman–Crippen LogP) is 9.04. The van der Waals surface area contributed by atoms with E-state index in [0.717, 1.165) is 61.8 Å². The third-order valence-electron chi connectivity index (χ3n) is 14.4. The summed E-state index contributed by atoms with van der Waals surface area (Å²) in [5, 5.41) is 44.7. The number of unbranched alkanes of at least 4 members (excludes halogenated alkanes) is 3. The van der Waals surface area contributed by atoms with E-state index in [0.29, 0.717) is 30.4 Å². The average Bonchev–Trinajstić information content (AvgIpc) is 3.65. The van der Waals surface area contributed by atoms with Crippen LogP contribution in [-0.2, 0) is 23.1 Å². The van der Waals surface area contributed by atoms with E-state index in [1.165, 1.54) is 59.9 Å². The number of fused-ring (bicyclic) bond motifs is 3. The zero-order valence-electron chi connectivity index (χ0n) is 31.7. The molecular weight excluding hydrogens is 669 g/mol. The highest BCUT2D eigenvalue weighted by atomic mass is 16.4. The molecule has 3 aromatic rings. The van der Waals surface area contributed by atoms with Crippen LogP contribution in [0.3, 0.4) is 0 Å². The highest BCUT2D eigenvalue weighted by molar-refractivity contribution is 5.74. The van der Waals surface area contributed by atoms with Crippen molar-refractivity contribution in [1.29, 1.82) is 0 Å². The topological polar surface area (TPSA) is 98.0 Å². The quantitative estimate of drug-likeness (QED) is 0.124. The molecule has 0 heterocycles. The first-order chi connectivity index (χ1) is 26.3. The van der Waals surface area contributed by atoms with E-state index in [1.54, 1.807) is 0 Å². The zero-order valence-corrected chi connectivity index (χ0v) is 31.7. The van der Waals surface area contributed by atoms with Crippen molar-refractivity contribution in [1.82, 2.24) is 0 Å². The fraction of sp³-hybridized carbons (Fsp3) is 0.490. The van der Waals surface area contributed by atoms with Gasteiger partial charge in [0.2, 0.25) is 0 Å². The fourth-order valence-electron chi connectivity index (χ4n) is 11.7. The Kier molecular flexibility index (Phi) is 10.9. The molecule has 1 spiro atoms. The number of aliphatic carboxylic acids is 1. The molecule has 5 heteroatoms. The van der Waals surface area contributed by atoms with Gasteiger partial charge in [-0.05, 0) is 145 Å². The largest absolute Gasteiger partial charge is 0.511 e. The lowest BCUT2D eigenvalue weighted by Gasteiger charge is -2.56. The third-order valence-corrected chi connectivity index (χ3v) is 14.4. The summed E-state index contributed by atoms with van der Waals surface area (Å²) in [4.78, 5) is 13.6. The van der Waals surface area contributed by atoms with Gasteiger partial charge >= 0.3 is 5.97 Å². The van der Waals surface area contributed by atoms with Gasteiger partial charge in [0.05, 0.1) is 12.5 Å². The number of hydrogen-bond acceptors (Lipinski definition) is 4. The Morgan fingerprint density at radius 3 is 2.41 bits per heavy atom. The van der Waals surface area contributed by atoms with Crippen LogP contribution in [0, 0.1) is 35.5 Å². The second kappa shape index (κ2) is 15.9. The lowest BCUT2D eigenvalue weighted by molar-refractivity contribution is -0.147. The van der Waals surface area contributed by atoms with Crippen LogP contribution in [0.15, 0.2) is 90.5 Å². The minimum absolute atomic E-state index is 0.105. The van der Waals surface area contributed by atoms with Crippen molar-refractivity contribution in [3.05, 3.63) is 123 Å². The van der Waals surface area contributed by atoms with E-state index in [9.17, 15) is 25.2 Å². The summed E-state index contributed by atoms with van der Waals surface area (Å²) in [5.41, 5.74) is 5.63. The molecule has 0 saturated heterocycles. The van der Waals surface area contributed by atoms with Gasteiger partial charge in [0.15, 0.2) is 0 Å². The van der Waals surface area contributed by atoms with Gasteiger partial charge in [-0.3, -0.25) is 4.79 Å². The van der Waals surface area contributed by atoms with Gasteiger partial charge in [0.25, 0.3) is 0 Å². The molecule has 5 aliphatic carbocycles. The van der Waals surface area contributed by atoms with Crippen LogP contribution in [0.5, 0.6) is 5.75 Å². The zero-order chi connectivity index (χ0) is 37.2. The molecule has 2 bridgehead atoms. The predicted molar refractivity (Wildman–Crippen MR) is 215 cm³/mol. The van der Waals surface area contributed by atoms with Gasteiger partial charge < -0.3 is 20.4 Å². The molecule has 1 saturated carbocycles. The maximum absolute atomic E-state index is 13.6. The van der Waals surface area contributed by atoms with E-state index in [4.69, 9.17) is 0 Å². The summed E-state index contributed by atoms with van der Waals surface area (Å²) in [7, 11) is 0. The van der Waals surface area contributed by atoms with E-state index in [-0.39, 0.29) is 36.0 Å². The smallest absolute Gasteiger partial charge is 0.307 e. The first-order valence-corrected chi connectivity index (χ1v) is 20.9. The van der Waals surface area contributed by atoms with Crippen LogP contribution in [-0.4, -0.2) is 33.0 Å². The molecule has 0 aliphatic heterocycles. The van der Waals surface area contributed by atoms with Crippen molar-refractivity contribution >= 4 is 17.8 Å². The lowest BCUT2D eigenvalue weighted by atomic mass is 9.47. The Labute approximate surface area is 320 Å². The van der Waals surface area contributed by atoms with Gasteiger partial charge in [-0.25, -0.2) is 0 Å². The van der Waals surface area contributed by atoms with Crippen molar-refractivity contribution in [2.45, 2.75) is 108 Å². The molecule has 1 unspecified atom stereocenters. The van der Waals surface area contributed by atoms with Crippen molar-refractivity contribution in [3.63, 3.8) is 0 Å². The minimum atomic E-state index is -0.725. The maximum atomic E-state index is 13.6. The average molecular weight is 727 g/mol. The van der Waals surface area contributed by atoms with E-state index in [2.05, 4.69) is 60.7 Å². The van der Waals surface area contributed by atoms with Gasteiger partial charge in [-0.15, -0.1) is 0 Å². The molecule has 54 heavy (non-hydrogen) atoms. The molecule has 1 fully saturated rings. The van der Waals surface area contributed by atoms with Gasteiger partial charge in [0.1, 0.15) is 11.5 Å². The number of phenolic OH excluding ortho intramolecular Hbond substituents is 1. The van der Waals surface area contributed by atoms with Gasteiger partial charge in [-0.1, -0.05) is 105 Å². The minimum Gasteiger partial charge on any atom is -0.511 e. The Bertz CT molecular complexity index is 2010. The van der Waals surface area contributed by atoms with Crippen molar-refractivity contribution in [2.75, 3.05) is 6.61 Å². The number of rotatable bonds is 10. The van der Waals surface area contributed by atoms with E-state index in [1.807, 2.05) is 30.3 Å². The standard InChI is InChI=1S/C49H58O5/c50-31-34-16-15-32(25-34)9-3-1-2-4-10-35-11-6-8-14-45(48(53)54)49-30-44-39(28-38-12-5-7-13-42(38)47(44)52)29-40(49)22-19-37-18-17-33(27-46(37)49)26-43(35)36-20-23-41(51)24-21-36/h5-8,12-13,17-18,20-21,23-25,27-28,32,35,39-40,43-45,50-52H,1-4,9-11,14-16,19,22,26,29-31H2,(H,53,54)/t32-,35?,39-,40-,43+,44-,45-,49+/m1/s1. The Morgan fingerprint density at radius 1 is 0.815 bits per heavy atom. The number of carboxylic acids is 1. The molecule has 8 rings (SSSR count). The normalized spacial score (nSPS) is 30.1. The molecule has 4 N–H and O–H groups in total. The maximum Gasteiger partial charge on any atom is 0.307 e. The van der Waals surface area contributed by atoms with Gasteiger partial charge in [0, 0.05) is 16.6 Å². The number of phenols is 1. The number of allylic oxidation sites excluding steroid dienone is 3. The van der Waals surface area contributed by atoms with Crippen LogP contribution in [0.1, 0.15) is 112 Å². The summed E-state index contributed by atoms with van der Waals surface area (Å²) >= 11 is 0. The molecule has 0 aromatic heterocycles. The van der Waals surface area contributed by atoms with Crippen LogP contribution >= 0.6 is 0 Å². The Morgan fingerprint density at radius 2 is 1.61 bits per heavy atom. The summed E-state index contributed by atoms with van der Waals surface area (Å²) < 4.78 is 0. The number of benzene rings is 3. The summed E-state index contributed by atoms with van der Waals surface area (Å²) in [5.74, 6) is 0.997. The van der Waals surface area contributed by atoms with Crippen LogP contribution in [0.25, 0.3) is 11.8 Å². The van der Waals surface area contributed by atoms with Gasteiger partial charge in [-0.2, -0.15) is 0 Å². The highest BCUT2D eigenvalue weighted by Gasteiger charge is 2.57. The van der Waals surface area contributed by atoms with Crippen molar-refractivity contribution in [3.8, 4) is 5.75 Å². The number of aliphatic hydroxyl groups is 2. The van der Waals surface area contributed by atoms with E-state index < -0.39 is 17.3 Å². The van der Waals surface area contributed by atoms with E-state index >= 15 is 0 Å². The molecule has 0 radical (unpaired) electrons. The Hall–Kier alpha value is -4.09. The number of aryl methyl sites for hydroxylation is 1. The number of hydrogen-bond donors (Lipinski definition) is 4. The summed E-state index contributed by atoms with van der Waals surface area (Å²) in [6, 6.07) is 23.0. The fourth-order valence-corrected chi connectivity index (χ4v) is 11.7. The van der Waals surface area contributed by atoms with Crippen molar-refractivity contribution < 1.29 is 25.2 Å². The number of carbonyl (C=O) groups is 1. The molecule has 5 nitrogen and oxygen atoms in total. The SMILES string of the molecule is O=C(O)[C@H]1CC=CCC(CCCCCC[C@H]2C=C(CO)CC2)[C@@H](c2ccc(O)cc2)Cc2ccc3c(c2)[C@]12C[C@H]1C(O)=c4ccccc4=C[C@@H]1C[C@H]2CC3. The monoisotopic (exact) mass is 726 g/mol. The molecule has 8 atom stereocenters. The number of aromatic hydroxyl groups is 1. The van der Waals surface area contributed by atoms with Crippen LogP contribution in [0.2, 0.25) is 0 Å². The van der Waals surface area contributed by atoms with Crippen molar-refractivity contribution in [2.24, 2.45) is 35.5 Å². The Balaban J connectivity index is 1.11. The molecule has 284 valence electrons. The summed E-state index contributed by atoms with van der Waals surface area (Å²) in [6.07, 6.45) is 24.2. The molecule has 0 amide bonds. The molecular formula is C49H58O5.